The molecule has 22 heavy (non-hydrogen) atoms. The van der Waals surface area contributed by atoms with Gasteiger partial charge in [0.1, 0.15) is 0 Å². The van der Waals surface area contributed by atoms with Crippen LogP contribution in [0.25, 0.3) is 0 Å². The topological polar surface area (TPSA) is 35.6 Å². The number of rotatable bonds is 6. The Balaban J connectivity index is 1.83. The maximum Gasteiger partial charge on any atom is 0.234 e. The van der Waals surface area contributed by atoms with Crippen LogP contribution >= 0.6 is 11.8 Å². The zero-order valence-corrected chi connectivity index (χ0v) is 14.6. The van der Waals surface area contributed by atoms with Crippen LogP contribution in [-0.2, 0) is 4.79 Å². The average molecular weight is 321 g/mol. The molecule has 1 aliphatic heterocycles. The molecule has 1 saturated heterocycles. The van der Waals surface area contributed by atoms with Crippen molar-refractivity contribution in [2.24, 2.45) is 0 Å². The van der Waals surface area contributed by atoms with E-state index in [2.05, 4.69) is 34.2 Å². The Hall–Kier alpha value is -1.04. The van der Waals surface area contributed by atoms with Gasteiger partial charge in [-0.3, -0.25) is 9.69 Å². The van der Waals surface area contributed by atoms with Crippen LogP contribution in [0.1, 0.15) is 18.5 Å². The fourth-order valence-corrected chi connectivity index (χ4v) is 3.86. The molecule has 0 saturated carbocycles. The summed E-state index contributed by atoms with van der Waals surface area (Å²) in [5.74, 6) is 1.25. The van der Waals surface area contributed by atoms with Gasteiger partial charge in [-0.05, 0) is 19.7 Å². The highest BCUT2D eigenvalue weighted by molar-refractivity contribution is 7.99. The Morgan fingerprint density at radius 1 is 1.41 bits per heavy atom. The standard InChI is InChI=1S/C17H27N3OS/c1-14-12-20(9-10-22-14)13-17(21)18-11-16(19(2)3)15-7-5-4-6-8-15/h4-8,14,16H,9-13H2,1-3H3,(H,18,21)/t14-,16+/m1/s1. The van der Waals surface area contributed by atoms with Gasteiger partial charge in [0.05, 0.1) is 12.6 Å². The number of carbonyl (C=O) groups is 1. The molecule has 0 aliphatic carbocycles. The average Bonchev–Trinajstić information content (AvgIpc) is 2.48. The summed E-state index contributed by atoms with van der Waals surface area (Å²) in [5.41, 5.74) is 1.23. The monoisotopic (exact) mass is 321 g/mol. The first-order chi connectivity index (χ1) is 10.6. The summed E-state index contributed by atoms with van der Waals surface area (Å²) in [6, 6.07) is 10.5. The van der Waals surface area contributed by atoms with Crippen LogP contribution in [0.4, 0.5) is 0 Å². The summed E-state index contributed by atoms with van der Waals surface area (Å²) in [4.78, 5) is 16.6. The second kappa shape index (κ2) is 8.56. The molecule has 0 bridgehead atoms. The number of nitrogens with zero attached hydrogens (tertiary/aromatic N) is 2. The first kappa shape index (κ1) is 17.3. The largest absolute Gasteiger partial charge is 0.353 e. The van der Waals surface area contributed by atoms with Crippen LogP contribution in [-0.4, -0.2) is 67.0 Å². The van der Waals surface area contributed by atoms with E-state index in [-0.39, 0.29) is 11.9 Å². The van der Waals surface area contributed by atoms with Gasteiger partial charge in [0.15, 0.2) is 0 Å². The van der Waals surface area contributed by atoms with Crippen LogP contribution in [0, 0.1) is 0 Å². The van der Waals surface area contributed by atoms with E-state index >= 15 is 0 Å². The number of hydrogen-bond donors (Lipinski definition) is 1. The van der Waals surface area contributed by atoms with Crippen molar-refractivity contribution in [3.63, 3.8) is 0 Å². The molecular weight excluding hydrogens is 294 g/mol. The second-order valence-corrected chi connectivity index (χ2v) is 7.66. The maximum atomic E-state index is 12.2. The van der Waals surface area contributed by atoms with E-state index < -0.39 is 0 Å². The molecule has 4 nitrogen and oxygen atoms in total. The zero-order chi connectivity index (χ0) is 15.9. The summed E-state index contributed by atoms with van der Waals surface area (Å²) in [7, 11) is 4.10. The molecule has 1 aromatic carbocycles. The van der Waals surface area contributed by atoms with Crippen LogP contribution < -0.4 is 5.32 Å². The van der Waals surface area contributed by atoms with Gasteiger partial charge < -0.3 is 10.2 Å². The minimum absolute atomic E-state index is 0.127. The lowest BCUT2D eigenvalue weighted by Crippen LogP contribution is -2.44. The fourth-order valence-electron chi connectivity index (χ4n) is 2.78. The van der Waals surface area contributed by atoms with Gasteiger partial charge in [0.2, 0.25) is 5.91 Å². The minimum Gasteiger partial charge on any atom is -0.353 e. The van der Waals surface area contributed by atoms with E-state index in [1.165, 1.54) is 5.56 Å². The van der Waals surface area contributed by atoms with E-state index in [0.29, 0.717) is 18.3 Å². The minimum atomic E-state index is 0.127. The molecule has 0 aromatic heterocycles. The first-order valence-electron chi connectivity index (χ1n) is 7.88. The molecule has 2 rings (SSSR count). The highest BCUT2D eigenvalue weighted by Crippen LogP contribution is 2.18. The third kappa shape index (κ3) is 5.30. The Labute approximate surface area is 138 Å². The number of benzene rings is 1. The lowest BCUT2D eigenvalue weighted by molar-refractivity contribution is -0.122. The fraction of sp³-hybridized carbons (Fsp3) is 0.588. The van der Waals surface area contributed by atoms with Crippen molar-refractivity contribution in [1.82, 2.24) is 15.1 Å². The van der Waals surface area contributed by atoms with Gasteiger partial charge in [-0.1, -0.05) is 37.3 Å². The number of likely N-dealkylation sites (N-methyl/N-ethyl adjacent to an activating group) is 1. The van der Waals surface area contributed by atoms with Gasteiger partial charge in [0.25, 0.3) is 0 Å². The third-order valence-electron chi connectivity index (χ3n) is 3.99. The first-order valence-corrected chi connectivity index (χ1v) is 8.93. The molecule has 1 aliphatic rings. The molecule has 1 amide bonds. The van der Waals surface area contributed by atoms with Crippen molar-refractivity contribution in [3.8, 4) is 0 Å². The summed E-state index contributed by atoms with van der Waals surface area (Å²) < 4.78 is 0. The molecule has 5 heteroatoms. The van der Waals surface area contributed by atoms with E-state index in [1.54, 1.807) is 0 Å². The summed E-state index contributed by atoms with van der Waals surface area (Å²) in [6.45, 7) is 5.41. The molecule has 1 fully saturated rings. The maximum absolute atomic E-state index is 12.2. The number of thioether (sulfide) groups is 1. The van der Waals surface area contributed by atoms with Crippen LogP contribution in [0.15, 0.2) is 30.3 Å². The number of amides is 1. The molecule has 0 spiro atoms. The Morgan fingerprint density at radius 3 is 2.77 bits per heavy atom. The Morgan fingerprint density at radius 2 is 2.14 bits per heavy atom. The highest BCUT2D eigenvalue weighted by atomic mass is 32.2. The Kier molecular flexibility index (Phi) is 6.73. The normalized spacial score (nSPS) is 20.8. The third-order valence-corrected chi connectivity index (χ3v) is 5.13. The van der Waals surface area contributed by atoms with Gasteiger partial charge in [-0.15, -0.1) is 0 Å². The van der Waals surface area contributed by atoms with Gasteiger partial charge >= 0.3 is 0 Å². The number of hydrogen-bond acceptors (Lipinski definition) is 4. The van der Waals surface area contributed by atoms with Crippen molar-refractivity contribution in [2.45, 2.75) is 18.2 Å². The van der Waals surface area contributed by atoms with E-state index in [1.807, 2.05) is 44.1 Å². The molecular formula is C17H27N3OS. The molecule has 0 unspecified atom stereocenters. The Bertz CT molecular complexity index is 466. The predicted molar refractivity (Wildman–Crippen MR) is 94.2 cm³/mol. The zero-order valence-electron chi connectivity index (χ0n) is 13.8. The lowest BCUT2D eigenvalue weighted by atomic mass is 10.1. The molecule has 0 radical (unpaired) electrons. The predicted octanol–water partition coefficient (Wildman–Crippen LogP) is 1.84. The molecule has 122 valence electrons. The lowest BCUT2D eigenvalue weighted by Gasteiger charge is -2.30. The highest BCUT2D eigenvalue weighted by Gasteiger charge is 2.20. The summed E-state index contributed by atoms with van der Waals surface area (Å²) in [5, 5.41) is 3.72. The van der Waals surface area contributed by atoms with Crippen LogP contribution in [0.2, 0.25) is 0 Å². The van der Waals surface area contributed by atoms with Gasteiger partial charge in [0, 0.05) is 30.6 Å². The number of carbonyl (C=O) groups excluding carboxylic acids is 1. The van der Waals surface area contributed by atoms with E-state index in [0.717, 1.165) is 18.8 Å². The van der Waals surface area contributed by atoms with Crippen molar-refractivity contribution < 1.29 is 4.79 Å². The second-order valence-electron chi connectivity index (χ2n) is 6.11. The van der Waals surface area contributed by atoms with E-state index in [4.69, 9.17) is 0 Å². The summed E-state index contributed by atoms with van der Waals surface area (Å²) in [6.07, 6.45) is 0. The van der Waals surface area contributed by atoms with Crippen molar-refractivity contribution in [2.75, 3.05) is 46.0 Å². The SMILES string of the molecule is C[C@@H]1CN(CC(=O)NC[C@@H](c2ccccc2)N(C)C)CCS1. The van der Waals surface area contributed by atoms with Crippen molar-refractivity contribution in [1.29, 1.82) is 0 Å². The summed E-state index contributed by atoms with van der Waals surface area (Å²) >= 11 is 1.99. The molecule has 1 heterocycles. The van der Waals surface area contributed by atoms with Crippen molar-refractivity contribution >= 4 is 17.7 Å². The van der Waals surface area contributed by atoms with E-state index in [9.17, 15) is 4.79 Å². The van der Waals surface area contributed by atoms with Gasteiger partial charge in [-0.2, -0.15) is 11.8 Å². The number of nitrogens with one attached hydrogen (secondary N) is 1. The smallest absolute Gasteiger partial charge is 0.234 e. The molecule has 1 N–H and O–H groups in total. The van der Waals surface area contributed by atoms with Crippen LogP contribution in [0.3, 0.4) is 0 Å². The van der Waals surface area contributed by atoms with Crippen LogP contribution in [0.5, 0.6) is 0 Å². The quantitative estimate of drug-likeness (QED) is 0.867. The molecule has 2 atom stereocenters. The van der Waals surface area contributed by atoms with Gasteiger partial charge in [-0.25, -0.2) is 0 Å². The molecule has 1 aromatic rings. The van der Waals surface area contributed by atoms with Crippen molar-refractivity contribution in [3.05, 3.63) is 35.9 Å².